The highest BCUT2D eigenvalue weighted by molar-refractivity contribution is 7.89. The van der Waals surface area contributed by atoms with Crippen molar-refractivity contribution >= 4 is 15.9 Å². The van der Waals surface area contributed by atoms with E-state index in [1.807, 2.05) is 25.7 Å². The number of hydrogen-bond acceptors (Lipinski definition) is 5. The maximum Gasteiger partial charge on any atom is 0.223 e. The number of rotatable bonds is 5. The van der Waals surface area contributed by atoms with Gasteiger partial charge in [-0.2, -0.15) is 0 Å². The molecule has 2 aliphatic rings. The molecule has 8 heteroatoms. The molecular weight excluding hydrogens is 330 g/mol. The summed E-state index contributed by atoms with van der Waals surface area (Å²) < 4.78 is 31.3. The Morgan fingerprint density at radius 1 is 1.29 bits per heavy atom. The SMILES string of the molecule is CCCS(=O)(=O)N1CC[C@]2(CC(=O)N(Cc3c(C)noc3C)C2)C1. The largest absolute Gasteiger partial charge is 0.361 e. The van der Waals surface area contributed by atoms with E-state index in [4.69, 9.17) is 4.52 Å². The number of aromatic nitrogens is 1. The molecule has 1 aromatic heterocycles. The number of likely N-dealkylation sites (tertiary alicyclic amines) is 1. The first-order valence-corrected chi connectivity index (χ1v) is 10.0. The van der Waals surface area contributed by atoms with E-state index in [1.165, 1.54) is 0 Å². The maximum absolute atomic E-state index is 12.5. The van der Waals surface area contributed by atoms with Crippen LogP contribution in [-0.2, 0) is 21.4 Å². The van der Waals surface area contributed by atoms with Gasteiger partial charge in [0.15, 0.2) is 0 Å². The third-order valence-corrected chi connectivity index (χ3v) is 7.22. The lowest BCUT2D eigenvalue weighted by atomic mass is 9.86. The summed E-state index contributed by atoms with van der Waals surface area (Å²) in [6, 6.07) is 0. The molecule has 0 aromatic carbocycles. The summed E-state index contributed by atoms with van der Waals surface area (Å²) in [4.78, 5) is 14.3. The van der Waals surface area contributed by atoms with Crippen LogP contribution in [0.1, 0.15) is 43.2 Å². The fourth-order valence-electron chi connectivity index (χ4n) is 3.84. The van der Waals surface area contributed by atoms with E-state index in [1.54, 1.807) is 4.31 Å². The van der Waals surface area contributed by atoms with Crippen molar-refractivity contribution < 1.29 is 17.7 Å². The fraction of sp³-hybridized carbons (Fsp3) is 0.750. The van der Waals surface area contributed by atoms with E-state index in [9.17, 15) is 13.2 Å². The van der Waals surface area contributed by atoms with Crippen LogP contribution in [0.25, 0.3) is 0 Å². The second kappa shape index (κ2) is 6.15. The normalized spacial score (nSPS) is 25.3. The Hall–Kier alpha value is -1.41. The molecule has 0 radical (unpaired) electrons. The number of sulfonamides is 1. The van der Waals surface area contributed by atoms with E-state index < -0.39 is 10.0 Å². The maximum atomic E-state index is 12.5. The highest BCUT2D eigenvalue weighted by Gasteiger charge is 2.49. The van der Waals surface area contributed by atoms with Gasteiger partial charge in [0.05, 0.1) is 18.0 Å². The molecule has 2 fully saturated rings. The van der Waals surface area contributed by atoms with Crippen molar-refractivity contribution in [1.29, 1.82) is 0 Å². The van der Waals surface area contributed by atoms with Gasteiger partial charge in [0.25, 0.3) is 0 Å². The van der Waals surface area contributed by atoms with Crippen molar-refractivity contribution in [2.24, 2.45) is 5.41 Å². The van der Waals surface area contributed by atoms with Crippen LogP contribution in [0.2, 0.25) is 0 Å². The molecule has 2 aliphatic heterocycles. The van der Waals surface area contributed by atoms with Crippen LogP contribution in [0.4, 0.5) is 0 Å². The van der Waals surface area contributed by atoms with Crippen molar-refractivity contribution in [3.05, 3.63) is 17.0 Å². The van der Waals surface area contributed by atoms with E-state index in [2.05, 4.69) is 5.16 Å². The smallest absolute Gasteiger partial charge is 0.223 e. The molecule has 0 saturated carbocycles. The third-order valence-electron chi connectivity index (χ3n) is 5.19. The first-order chi connectivity index (χ1) is 11.3. The van der Waals surface area contributed by atoms with Gasteiger partial charge in [-0.1, -0.05) is 12.1 Å². The van der Waals surface area contributed by atoms with E-state index in [-0.39, 0.29) is 17.1 Å². The van der Waals surface area contributed by atoms with Crippen LogP contribution in [0, 0.1) is 19.3 Å². The third kappa shape index (κ3) is 3.09. The van der Waals surface area contributed by atoms with Crippen molar-refractivity contribution in [3.63, 3.8) is 0 Å². The predicted molar refractivity (Wildman–Crippen MR) is 88.7 cm³/mol. The number of nitrogens with zero attached hydrogens (tertiary/aromatic N) is 3. The molecule has 1 spiro atoms. The monoisotopic (exact) mass is 355 g/mol. The highest BCUT2D eigenvalue weighted by atomic mass is 32.2. The lowest BCUT2D eigenvalue weighted by Gasteiger charge is -2.24. The Balaban J connectivity index is 1.71. The summed E-state index contributed by atoms with van der Waals surface area (Å²) in [5, 5.41) is 3.94. The van der Waals surface area contributed by atoms with Gasteiger partial charge in [-0.3, -0.25) is 4.79 Å². The zero-order valence-corrected chi connectivity index (χ0v) is 15.4. The molecule has 0 unspecified atom stereocenters. The molecule has 0 N–H and O–H groups in total. The lowest BCUT2D eigenvalue weighted by molar-refractivity contribution is -0.128. The van der Waals surface area contributed by atoms with Crippen LogP contribution in [-0.4, -0.2) is 54.1 Å². The van der Waals surface area contributed by atoms with Gasteiger partial charge in [-0.25, -0.2) is 12.7 Å². The highest BCUT2D eigenvalue weighted by Crippen LogP contribution is 2.41. The molecule has 3 rings (SSSR count). The summed E-state index contributed by atoms with van der Waals surface area (Å²) >= 11 is 0. The molecule has 134 valence electrons. The molecule has 0 bridgehead atoms. The zero-order valence-electron chi connectivity index (χ0n) is 14.5. The molecular formula is C16H25N3O4S. The Bertz CT molecular complexity index is 723. The standard InChI is InChI=1S/C16H25N3O4S/c1-4-7-24(21,22)19-6-5-16(11-19)8-15(20)18(10-16)9-14-12(2)17-23-13(14)3/h4-11H2,1-3H3/t16-/m1/s1. The van der Waals surface area contributed by atoms with Crippen molar-refractivity contribution in [1.82, 2.24) is 14.4 Å². The molecule has 24 heavy (non-hydrogen) atoms. The van der Waals surface area contributed by atoms with Gasteiger partial charge in [0.2, 0.25) is 15.9 Å². The Labute approximate surface area is 143 Å². The average Bonchev–Trinajstić information content (AvgIpc) is 3.15. The number of hydrogen-bond donors (Lipinski definition) is 0. The van der Waals surface area contributed by atoms with Gasteiger partial charge >= 0.3 is 0 Å². The van der Waals surface area contributed by atoms with Crippen molar-refractivity contribution in [3.8, 4) is 0 Å². The summed E-state index contributed by atoms with van der Waals surface area (Å²) in [6.07, 6.45) is 1.79. The molecule has 1 atom stereocenters. The number of carbonyl (C=O) groups is 1. The van der Waals surface area contributed by atoms with Crippen LogP contribution in [0.3, 0.4) is 0 Å². The summed E-state index contributed by atoms with van der Waals surface area (Å²) in [5.74, 6) is 1.00. The Morgan fingerprint density at radius 2 is 2.04 bits per heavy atom. The van der Waals surface area contributed by atoms with Gasteiger partial charge in [-0.05, 0) is 26.7 Å². The van der Waals surface area contributed by atoms with E-state index in [0.29, 0.717) is 39.0 Å². The van der Waals surface area contributed by atoms with Gasteiger partial charge in [0.1, 0.15) is 5.76 Å². The zero-order chi connectivity index (χ0) is 17.5. The van der Waals surface area contributed by atoms with Crippen molar-refractivity contribution in [2.45, 2.75) is 46.6 Å². The minimum absolute atomic E-state index is 0.0877. The Kier molecular flexibility index (Phi) is 4.46. The van der Waals surface area contributed by atoms with Crippen molar-refractivity contribution in [2.75, 3.05) is 25.4 Å². The number of amides is 1. The number of aryl methyl sites for hydroxylation is 2. The Morgan fingerprint density at radius 3 is 2.67 bits per heavy atom. The second-order valence-electron chi connectivity index (χ2n) is 7.13. The molecule has 3 heterocycles. The van der Waals surface area contributed by atoms with Gasteiger partial charge < -0.3 is 9.42 Å². The predicted octanol–water partition coefficient (Wildman–Crippen LogP) is 1.46. The van der Waals surface area contributed by atoms with Gasteiger partial charge in [0, 0.05) is 37.0 Å². The fourth-order valence-corrected chi connectivity index (χ4v) is 5.45. The molecule has 0 aliphatic carbocycles. The number of carbonyl (C=O) groups excluding carboxylic acids is 1. The van der Waals surface area contributed by atoms with Crippen LogP contribution < -0.4 is 0 Å². The lowest BCUT2D eigenvalue weighted by Crippen LogP contribution is -2.35. The summed E-state index contributed by atoms with van der Waals surface area (Å²) in [6.45, 7) is 7.66. The quantitative estimate of drug-likeness (QED) is 0.798. The van der Waals surface area contributed by atoms with Crippen LogP contribution >= 0.6 is 0 Å². The first kappa shape index (κ1) is 17.4. The summed E-state index contributed by atoms with van der Waals surface area (Å²) in [5.41, 5.74) is 1.52. The van der Waals surface area contributed by atoms with Crippen LogP contribution in [0.15, 0.2) is 4.52 Å². The topological polar surface area (TPSA) is 83.7 Å². The van der Waals surface area contributed by atoms with E-state index in [0.717, 1.165) is 23.4 Å². The molecule has 2 saturated heterocycles. The molecule has 1 aromatic rings. The first-order valence-electron chi connectivity index (χ1n) is 8.44. The molecule has 7 nitrogen and oxygen atoms in total. The molecule has 1 amide bonds. The van der Waals surface area contributed by atoms with Gasteiger partial charge in [-0.15, -0.1) is 0 Å². The minimum atomic E-state index is -3.19. The average molecular weight is 355 g/mol. The summed E-state index contributed by atoms with van der Waals surface area (Å²) in [7, 11) is -3.19. The van der Waals surface area contributed by atoms with Crippen LogP contribution in [0.5, 0.6) is 0 Å². The van der Waals surface area contributed by atoms with E-state index >= 15 is 0 Å². The second-order valence-corrected chi connectivity index (χ2v) is 9.22. The minimum Gasteiger partial charge on any atom is -0.361 e.